The van der Waals surface area contributed by atoms with E-state index < -0.39 is 11.5 Å². The van der Waals surface area contributed by atoms with Crippen molar-refractivity contribution in [3.05, 3.63) is 45.4 Å². The molecule has 0 saturated carbocycles. The number of carboxylic acid groups (broad SMARTS) is 1. The number of aromatic nitrogens is 1. The van der Waals surface area contributed by atoms with Gasteiger partial charge in [0.15, 0.2) is 0 Å². The van der Waals surface area contributed by atoms with Crippen LogP contribution in [0.3, 0.4) is 0 Å². The summed E-state index contributed by atoms with van der Waals surface area (Å²) in [5, 5.41) is 9.03. The van der Waals surface area contributed by atoms with Gasteiger partial charge in [-0.25, -0.2) is 4.79 Å². The fourth-order valence-electron chi connectivity index (χ4n) is 1.20. The van der Waals surface area contributed by atoms with Crippen molar-refractivity contribution in [3.63, 3.8) is 0 Å². The quantitative estimate of drug-likeness (QED) is 0.854. The van der Waals surface area contributed by atoms with Crippen molar-refractivity contribution >= 4 is 17.6 Å². The van der Waals surface area contributed by atoms with Gasteiger partial charge in [0, 0.05) is 10.7 Å². The molecule has 5 heteroatoms. The van der Waals surface area contributed by atoms with Gasteiger partial charge in [0.2, 0.25) is 0 Å². The number of allylic oxidation sites excluding steroid dienone is 1. The van der Waals surface area contributed by atoms with E-state index in [1.165, 1.54) is 10.6 Å². The minimum atomic E-state index is -1.24. The van der Waals surface area contributed by atoms with E-state index in [0.29, 0.717) is 5.69 Å². The van der Waals surface area contributed by atoms with Crippen molar-refractivity contribution in [1.29, 1.82) is 0 Å². The van der Waals surface area contributed by atoms with Gasteiger partial charge in [-0.1, -0.05) is 18.2 Å². The highest BCUT2D eigenvalue weighted by atomic mass is 35.5. The first-order valence-corrected chi connectivity index (χ1v) is 4.58. The van der Waals surface area contributed by atoms with Gasteiger partial charge in [0.05, 0.1) is 6.54 Å². The van der Waals surface area contributed by atoms with Crippen LogP contribution in [0.4, 0.5) is 0 Å². The minimum absolute atomic E-state index is 0.118. The predicted octanol–water partition coefficient (Wildman–Crippen LogP) is 1.61. The first-order valence-electron chi connectivity index (χ1n) is 4.20. The lowest BCUT2D eigenvalue weighted by Crippen LogP contribution is -2.27. The molecule has 0 saturated heterocycles. The zero-order valence-electron chi connectivity index (χ0n) is 8.16. The molecular formula is C10H10ClNO3. The van der Waals surface area contributed by atoms with Crippen LogP contribution in [0.15, 0.2) is 28.5 Å². The molecule has 0 fully saturated rings. The number of hydrogen-bond donors (Lipinski definition) is 1. The van der Waals surface area contributed by atoms with Crippen LogP contribution < -0.4 is 5.56 Å². The Labute approximate surface area is 91.4 Å². The summed E-state index contributed by atoms with van der Waals surface area (Å²) in [6, 6.07) is 2.85. The molecule has 0 radical (unpaired) electrons. The average molecular weight is 228 g/mol. The second-order valence-corrected chi connectivity index (χ2v) is 3.64. The third-order valence-electron chi connectivity index (χ3n) is 1.95. The molecule has 1 aromatic rings. The Kier molecular flexibility index (Phi) is 3.31. The van der Waals surface area contributed by atoms with E-state index in [2.05, 4.69) is 6.58 Å². The number of pyridine rings is 1. The Bertz CT molecular complexity index is 476. The van der Waals surface area contributed by atoms with Gasteiger partial charge in [0.25, 0.3) is 5.56 Å². The van der Waals surface area contributed by atoms with Gasteiger partial charge in [-0.15, -0.1) is 0 Å². The second kappa shape index (κ2) is 4.31. The summed E-state index contributed by atoms with van der Waals surface area (Å²) in [6.07, 6.45) is 0. The van der Waals surface area contributed by atoms with Crippen molar-refractivity contribution in [2.45, 2.75) is 13.5 Å². The zero-order valence-corrected chi connectivity index (χ0v) is 8.91. The number of halogens is 1. The lowest BCUT2D eigenvalue weighted by atomic mass is 10.2. The molecule has 0 amide bonds. The normalized spacial score (nSPS) is 10.0. The molecule has 0 aromatic carbocycles. The van der Waals surface area contributed by atoms with Crippen LogP contribution in [-0.2, 0) is 6.54 Å². The number of carbonyl (C=O) groups is 1. The lowest BCUT2D eigenvalue weighted by Gasteiger charge is -2.09. The topological polar surface area (TPSA) is 59.3 Å². The fourth-order valence-corrected chi connectivity index (χ4v) is 1.32. The van der Waals surface area contributed by atoms with Crippen LogP contribution in [0, 0.1) is 6.92 Å². The Morgan fingerprint density at radius 3 is 2.67 bits per heavy atom. The summed E-state index contributed by atoms with van der Waals surface area (Å²) in [7, 11) is 0. The molecule has 80 valence electrons. The molecule has 0 bridgehead atoms. The van der Waals surface area contributed by atoms with E-state index in [1.807, 2.05) is 0 Å². The van der Waals surface area contributed by atoms with Crippen LogP contribution in [0.25, 0.3) is 0 Å². The van der Waals surface area contributed by atoms with Gasteiger partial charge in [0.1, 0.15) is 5.56 Å². The number of hydrogen-bond acceptors (Lipinski definition) is 2. The van der Waals surface area contributed by atoms with E-state index in [4.69, 9.17) is 16.7 Å². The van der Waals surface area contributed by atoms with Crippen molar-refractivity contribution < 1.29 is 9.90 Å². The van der Waals surface area contributed by atoms with Crippen molar-refractivity contribution in [2.24, 2.45) is 0 Å². The van der Waals surface area contributed by atoms with E-state index >= 15 is 0 Å². The number of carboxylic acids is 1. The molecule has 15 heavy (non-hydrogen) atoms. The molecule has 4 nitrogen and oxygen atoms in total. The fraction of sp³-hybridized carbons (Fsp3) is 0.200. The second-order valence-electron chi connectivity index (χ2n) is 3.10. The highest BCUT2D eigenvalue weighted by Gasteiger charge is 2.12. The number of aryl methyl sites for hydroxylation is 1. The Balaban J connectivity index is 3.37. The molecular weight excluding hydrogens is 218 g/mol. The molecule has 1 aromatic heterocycles. The predicted molar refractivity (Wildman–Crippen MR) is 57.4 cm³/mol. The Morgan fingerprint density at radius 2 is 2.20 bits per heavy atom. The van der Waals surface area contributed by atoms with Crippen LogP contribution in [0.5, 0.6) is 0 Å². The van der Waals surface area contributed by atoms with Gasteiger partial charge >= 0.3 is 5.97 Å². The highest BCUT2D eigenvalue weighted by molar-refractivity contribution is 6.29. The summed E-state index contributed by atoms with van der Waals surface area (Å²) in [4.78, 5) is 22.4. The summed E-state index contributed by atoms with van der Waals surface area (Å²) in [6.45, 7) is 5.29. The Morgan fingerprint density at radius 1 is 1.60 bits per heavy atom. The molecule has 0 aliphatic rings. The largest absolute Gasteiger partial charge is 0.477 e. The summed E-state index contributed by atoms with van der Waals surface area (Å²) >= 11 is 5.59. The van der Waals surface area contributed by atoms with Gasteiger partial charge < -0.3 is 9.67 Å². The summed E-state index contributed by atoms with van der Waals surface area (Å²) in [5.41, 5.74) is -0.186. The van der Waals surface area contributed by atoms with Crippen LogP contribution in [0.1, 0.15) is 16.1 Å². The SMILES string of the molecule is C=C(Cl)Cn1c(C)ccc(C(=O)O)c1=O. The van der Waals surface area contributed by atoms with Gasteiger partial charge in [-0.05, 0) is 19.1 Å². The smallest absolute Gasteiger partial charge is 0.341 e. The van der Waals surface area contributed by atoms with Crippen molar-refractivity contribution in [3.8, 4) is 0 Å². The molecule has 1 heterocycles. The van der Waals surface area contributed by atoms with Crippen LogP contribution in [0.2, 0.25) is 0 Å². The maximum Gasteiger partial charge on any atom is 0.341 e. The van der Waals surface area contributed by atoms with Gasteiger partial charge in [-0.3, -0.25) is 4.79 Å². The first kappa shape index (κ1) is 11.5. The standard InChI is InChI=1S/C10H10ClNO3/c1-6(11)5-12-7(2)3-4-8(9(12)13)10(14)15/h3-4H,1,5H2,2H3,(H,14,15). The molecule has 0 aliphatic carbocycles. The zero-order chi connectivity index (χ0) is 11.6. The molecule has 0 unspecified atom stereocenters. The molecule has 0 spiro atoms. The first-order chi connectivity index (χ1) is 6.93. The highest BCUT2D eigenvalue weighted by Crippen LogP contribution is 2.04. The van der Waals surface area contributed by atoms with Crippen LogP contribution in [-0.4, -0.2) is 15.6 Å². The maximum atomic E-state index is 11.6. The number of aromatic carboxylic acids is 1. The summed E-state index contributed by atoms with van der Waals surface area (Å²) in [5.74, 6) is -1.24. The monoisotopic (exact) mass is 227 g/mol. The van der Waals surface area contributed by atoms with Crippen molar-refractivity contribution in [2.75, 3.05) is 0 Å². The molecule has 1 rings (SSSR count). The van der Waals surface area contributed by atoms with E-state index in [-0.39, 0.29) is 17.1 Å². The minimum Gasteiger partial charge on any atom is -0.477 e. The van der Waals surface area contributed by atoms with Crippen molar-refractivity contribution in [1.82, 2.24) is 4.57 Å². The van der Waals surface area contributed by atoms with Crippen LogP contribution >= 0.6 is 11.6 Å². The van der Waals surface area contributed by atoms with E-state index in [1.54, 1.807) is 13.0 Å². The molecule has 0 aliphatic heterocycles. The molecule has 0 atom stereocenters. The van der Waals surface area contributed by atoms with E-state index in [0.717, 1.165) is 0 Å². The Hall–Kier alpha value is -1.55. The third kappa shape index (κ3) is 2.47. The lowest BCUT2D eigenvalue weighted by molar-refractivity contribution is 0.0694. The third-order valence-corrected chi connectivity index (χ3v) is 2.07. The summed E-state index contributed by atoms with van der Waals surface area (Å²) < 4.78 is 1.28. The maximum absolute atomic E-state index is 11.6. The van der Waals surface area contributed by atoms with E-state index in [9.17, 15) is 9.59 Å². The van der Waals surface area contributed by atoms with Gasteiger partial charge in [-0.2, -0.15) is 0 Å². The number of rotatable bonds is 3. The average Bonchev–Trinajstić information content (AvgIpc) is 2.11. The number of nitrogens with zero attached hydrogens (tertiary/aromatic N) is 1. The molecule has 1 N–H and O–H groups in total.